The molecule has 1 heterocycles. The number of hydrogen-bond acceptors (Lipinski definition) is 5. The molecular weight excluding hydrogens is 172 g/mol. The van der Waals surface area contributed by atoms with E-state index >= 15 is 0 Å². The second kappa shape index (κ2) is 3.95. The standard InChI is InChI=1S/C8H10N2O3/c1-5-3-6(4-11)7(10-9-5)8(12)13-2/h3,11H,4H2,1-2H3. The van der Waals surface area contributed by atoms with Gasteiger partial charge in [0.05, 0.1) is 19.4 Å². The molecule has 1 N–H and O–H groups in total. The Morgan fingerprint density at radius 3 is 2.85 bits per heavy atom. The highest BCUT2D eigenvalue weighted by atomic mass is 16.5. The largest absolute Gasteiger partial charge is 0.464 e. The Kier molecular flexibility index (Phi) is 2.92. The first-order chi connectivity index (χ1) is 6.19. The molecule has 0 bridgehead atoms. The van der Waals surface area contributed by atoms with Gasteiger partial charge in [0.1, 0.15) is 0 Å². The predicted octanol–water partition coefficient (Wildman–Crippen LogP) is 0.0639. The third-order valence-corrected chi connectivity index (χ3v) is 1.54. The number of carbonyl (C=O) groups excluding carboxylic acids is 1. The molecule has 0 fully saturated rings. The van der Waals surface area contributed by atoms with Crippen LogP contribution in [0.25, 0.3) is 0 Å². The summed E-state index contributed by atoms with van der Waals surface area (Å²) < 4.78 is 4.47. The van der Waals surface area contributed by atoms with Crippen LogP contribution in [0.3, 0.4) is 0 Å². The van der Waals surface area contributed by atoms with Crippen molar-refractivity contribution in [1.82, 2.24) is 10.2 Å². The number of hydrogen-bond donors (Lipinski definition) is 1. The lowest BCUT2D eigenvalue weighted by atomic mass is 10.2. The molecule has 0 atom stereocenters. The van der Waals surface area contributed by atoms with Crippen LogP contribution in [0.15, 0.2) is 6.07 Å². The molecule has 0 saturated heterocycles. The van der Waals surface area contributed by atoms with Crippen LogP contribution in [0.5, 0.6) is 0 Å². The zero-order valence-electron chi connectivity index (χ0n) is 7.44. The molecule has 0 radical (unpaired) electrons. The number of methoxy groups -OCH3 is 1. The Bertz CT molecular complexity index is 325. The maximum atomic E-state index is 11.1. The summed E-state index contributed by atoms with van der Waals surface area (Å²) in [4.78, 5) is 11.1. The lowest BCUT2D eigenvalue weighted by Gasteiger charge is -2.03. The number of carbonyl (C=O) groups is 1. The normalized spacial score (nSPS) is 9.77. The SMILES string of the molecule is COC(=O)c1nnc(C)cc1CO. The van der Waals surface area contributed by atoms with Crippen LogP contribution in [0.2, 0.25) is 0 Å². The highest BCUT2D eigenvalue weighted by Crippen LogP contribution is 2.07. The molecule has 0 aliphatic carbocycles. The van der Waals surface area contributed by atoms with Crippen molar-refractivity contribution in [2.24, 2.45) is 0 Å². The molecule has 70 valence electrons. The fourth-order valence-electron chi connectivity index (χ4n) is 0.932. The van der Waals surface area contributed by atoms with Gasteiger partial charge in [-0.25, -0.2) is 4.79 Å². The number of aryl methyl sites for hydroxylation is 1. The lowest BCUT2D eigenvalue weighted by Crippen LogP contribution is -2.10. The fourth-order valence-corrected chi connectivity index (χ4v) is 0.932. The van der Waals surface area contributed by atoms with Gasteiger partial charge in [-0.3, -0.25) is 0 Å². The van der Waals surface area contributed by atoms with E-state index in [2.05, 4.69) is 14.9 Å². The van der Waals surface area contributed by atoms with Gasteiger partial charge >= 0.3 is 5.97 Å². The van der Waals surface area contributed by atoms with Crippen molar-refractivity contribution in [1.29, 1.82) is 0 Å². The lowest BCUT2D eigenvalue weighted by molar-refractivity contribution is 0.0588. The first kappa shape index (κ1) is 9.60. The molecule has 5 nitrogen and oxygen atoms in total. The van der Waals surface area contributed by atoms with Gasteiger partial charge in [-0.2, -0.15) is 5.10 Å². The van der Waals surface area contributed by atoms with Crippen LogP contribution in [0, 0.1) is 6.92 Å². The molecule has 0 aliphatic rings. The topological polar surface area (TPSA) is 72.3 Å². The fraction of sp³-hybridized carbons (Fsp3) is 0.375. The Balaban J connectivity index is 3.13. The summed E-state index contributed by atoms with van der Waals surface area (Å²) in [5.41, 5.74) is 1.15. The van der Waals surface area contributed by atoms with Gasteiger partial charge in [0.2, 0.25) is 0 Å². The van der Waals surface area contributed by atoms with E-state index in [0.717, 1.165) is 0 Å². The molecule has 0 saturated carbocycles. The minimum atomic E-state index is -0.587. The molecule has 1 aromatic heterocycles. The summed E-state index contributed by atoms with van der Waals surface area (Å²) in [6.45, 7) is 1.48. The van der Waals surface area contributed by atoms with E-state index < -0.39 is 5.97 Å². The summed E-state index contributed by atoms with van der Waals surface area (Å²) in [5, 5.41) is 16.2. The second-order valence-electron chi connectivity index (χ2n) is 2.51. The monoisotopic (exact) mass is 182 g/mol. The molecule has 5 heteroatoms. The average molecular weight is 182 g/mol. The van der Waals surface area contributed by atoms with Crippen LogP contribution in [0.4, 0.5) is 0 Å². The minimum Gasteiger partial charge on any atom is -0.464 e. The van der Waals surface area contributed by atoms with Crippen LogP contribution >= 0.6 is 0 Å². The highest BCUT2D eigenvalue weighted by Gasteiger charge is 2.13. The van der Waals surface area contributed by atoms with Gasteiger partial charge in [0.25, 0.3) is 0 Å². The Morgan fingerprint density at radius 2 is 2.31 bits per heavy atom. The van der Waals surface area contributed by atoms with Crippen molar-refractivity contribution < 1.29 is 14.6 Å². The number of nitrogens with zero attached hydrogens (tertiary/aromatic N) is 2. The smallest absolute Gasteiger partial charge is 0.358 e. The Morgan fingerprint density at radius 1 is 1.62 bits per heavy atom. The molecule has 0 aromatic carbocycles. The molecular formula is C8H10N2O3. The van der Waals surface area contributed by atoms with Crippen LogP contribution in [-0.2, 0) is 11.3 Å². The Hall–Kier alpha value is -1.49. The third kappa shape index (κ3) is 2.00. The zero-order chi connectivity index (χ0) is 9.84. The predicted molar refractivity (Wildman–Crippen MR) is 44.0 cm³/mol. The van der Waals surface area contributed by atoms with Gasteiger partial charge in [-0.1, -0.05) is 0 Å². The molecule has 1 rings (SSSR count). The van der Waals surface area contributed by atoms with E-state index in [0.29, 0.717) is 11.3 Å². The van der Waals surface area contributed by atoms with E-state index in [-0.39, 0.29) is 12.3 Å². The minimum absolute atomic E-state index is 0.0654. The van der Waals surface area contributed by atoms with Gasteiger partial charge in [-0.15, -0.1) is 5.10 Å². The molecule has 0 aliphatic heterocycles. The molecule has 0 unspecified atom stereocenters. The van der Waals surface area contributed by atoms with E-state index in [1.54, 1.807) is 13.0 Å². The van der Waals surface area contributed by atoms with Crippen LogP contribution in [-0.4, -0.2) is 28.4 Å². The quantitative estimate of drug-likeness (QED) is 0.655. The second-order valence-corrected chi connectivity index (χ2v) is 2.51. The first-order valence-electron chi connectivity index (χ1n) is 3.71. The highest BCUT2D eigenvalue weighted by molar-refractivity contribution is 5.88. The van der Waals surface area contributed by atoms with E-state index in [1.807, 2.05) is 0 Å². The summed E-state index contributed by atoms with van der Waals surface area (Å²) >= 11 is 0. The summed E-state index contributed by atoms with van der Waals surface area (Å²) in [7, 11) is 1.25. The van der Waals surface area contributed by atoms with E-state index in [1.165, 1.54) is 7.11 Å². The van der Waals surface area contributed by atoms with Crippen molar-refractivity contribution in [2.75, 3.05) is 7.11 Å². The number of esters is 1. The van der Waals surface area contributed by atoms with E-state index in [4.69, 9.17) is 5.11 Å². The summed E-state index contributed by atoms with van der Waals surface area (Å²) in [6, 6.07) is 1.60. The van der Waals surface area contributed by atoms with Crippen LogP contribution in [0.1, 0.15) is 21.7 Å². The van der Waals surface area contributed by atoms with Crippen molar-refractivity contribution in [3.8, 4) is 0 Å². The number of rotatable bonds is 2. The van der Waals surface area contributed by atoms with Gasteiger partial charge in [0.15, 0.2) is 5.69 Å². The molecule has 0 spiro atoms. The summed E-state index contributed by atoms with van der Waals surface area (Å²) in [6.07, 6.45) is 0. The van der Waals surface area contributed by atoms with Gasteiger partial charge in [0, 0.05) is 5.56 Å². The maximum absolute atomic E-state index is 11.1. The van der Waals surface area contributed by atoms with Crippen molar-refractivity contribution in [2.45, 2.75) is 13.5 Å². The number of aliphatic hydroxyl groups is 1. The van der Waals surface area contributed by atoms with Crippen LogP contribution < -0.4 is 0 Å². The number of ether oxygens (including phenoxy) is 1. The van der Waals surface area contributed by atoms with Crippen molar-refractivity contribution in [3.05, 3.63) is 23.0 Å². The number of aromatic nitrogens is 2. The number of aliphatic hydroxyl groups excluding tert-OH is 1. The van der Waals surface area contributed by atoms with Crippen molar-refractivity contribution >= 4 is 5.97 Å². The van der Waals surface area contributed by atoms with E-state index in [9.17, 15) is 4.79 Å². The summed E-state index contributed by atoms with van der Waals surface area (Å²) in [5.74, 6) is -0.587. The Labute approximate surface area is 75.4 Å². The van der Waals surface area contributed by atoms with Gasteiger partial charge in [-0.05, 0) is 13.0 Å². The average Bonchev–Trinajstić information content (AvgIpc) is 2.16. The van der Waals surface area contributed by atoms with Crippen molar-refractivity contribution in [3.63, 3.8) is 0 Å². The molecule has 13 heavy (non-hydrogen) atoms. The molecule has 0 amide bonds. The molecule has 1 aromatic rings. The maximum Gasteiger partial charge on any atom is 0.358 e. The third-order valence-electron chi connectivity index (χ3n) is 1.54. The first-order valence-corrected chi connectivity index (χ1v) is 3.71. The zero-order valence-corrected chi connectivity index (χ0v) is 7.44. The van der Waals surface area contributed by atoms with Gasteiger partial charge < -0.3 is 9.84 Å².